The molecule has 0 bridgehead atoms. The number of hydrogen-bond donors (Lipinski definition) is 0. The Morgan fingerprint density at radius 3 is 2.06 bits per heavy atom. The zero-order valence-corrected chi connectivity index (χ0v) is 9.85. The summed E-state index contributed by atoms with van der Waals surface area (Å²) in [6, 6.07) is 5.50. The van der Waals surface area contributed by atoms with Gasteiger partial charge in [-0.15, -0.1) is 0 Å². The van der Waals surface area contributed by atoms with Crippen LogP contribution in [0.25, 0.3) is 0 Å². The van der Waals surface area contributed by atoms with Crippen molar-refractivity contribution in [3.8, 4) is 5.75 Å². The molecule has 1 atom stereocenters. The molecule has 1 unspecified atom stereocenters. The normalized spacial score (nSPS) is 13.9. The summed E-state index contributed by atoms with van der Waals surface area (Å²) in [5.74, 6) is -3.63. The molecule has 1 aromatic rings. The van der Waals surface area contributed by atoms with Crippen molar-refractivity contribution in [1.29, 1.82) is 0 Å². The number of benzene rings is 1. The molecule has 16 heavy (non-hydrogen) atoms. The highest BCUT2D eigenvalue weighted by Gasteiger charge is 2.48. The molecule has 1 rings (SSSR count). The minimum absolute atomic E-state index is 0.0751. The van der Waals surface area contributed by atoms with Gasteiger partial charge in [0.25, 0.3) is 0 Å². The summed E-state index contributed by atoms with van der Waals surface area (Å²) in [4.78, 5) is -1.72. The Hall–Kier alpha value is -0.780. The van der Waals surface area contributed by atoms with Gasteiger partial charge >= 0.3 is 12.3 Å². The summed E-state index contributed by atoms with van der Waals surface area (Å²) >= 11 is 2.58. The van der Waals surface area contributed by atoms with Gasteiger partial charge < -0.3 is 4.74 Å². The average molecular weight is 301 g/mol. The molecule has 0 amide bonds. The standard InChI is InChI=1S/C10H9BrF4O/c1-16-7-4-2-6(3-5-7)8(11)10(14,15)9(12)13/h2-5,8-9H,1H3. The topological polar surface area (TPSA) is 9.23 Å². The monoisotopic (exact) mass is 300 g/mol. The molecule has 90 valence electrons. The minimum atomic E-state index is -4.10. The van der Waals surface area contributed by atoms with Gasteiger partial charge in [-0.25, -0.2) is 8.78 Å². The van der Waals surface area contributed by atoms with Gasteiger partial charge in [0.05, 0.1) is 7.11 Å². The number of methoxy groups -OCH3 is 1. The van der Waals surface area contributed by atoms with E-state index < -0.39 is 17.2 Å². The molecular formula is C10H9BrF4O. The number of hydrogen-bond acceptors (Lipinski definition) is 1. The highest BCUT2D eigenvalue weighted by molar-refractivity contribution is 9.09. The first-order valence-corrected chi connectivity index (χ1v) is 5.25. The lowest BCUT2D eigenvalue weighted by Gasteiger charge is -2.21. The summed E-state index contributed by atoms with van der Waals surface area (Å²) < 4.78 is 55.0. The fraction of sp³-hybridized carbons (Fsp3) is 0.400. The average Bonchev–Trinajstić information content (AvgIpc) is 2.28. The fourth-order valence-corrected chi connectivity index (χ4v) is 1.61. The summed E-state index contributed by atoms with van der Waals surface area (Å²) in [6.07, 6.45) is -3.71. The van der Waals surface area contributed by atoms with Crippen molar-refractivity contribution in [3.05, 3.63) is 29.8 Å². The molecule has 0 N–H and O–H groups in total. The third-order valence-electron chi connectivity index (χ3n) is 2.04. The Bertz CT molecular complexity index is 339. The zero-order valence-electron chi connectivity index (χ0n) is 8.26. The summed E-state index contributed by atoms with van der Waals surface area (Å²) in [5.41, 5.74) is 0.0751. The van der Waals surface area contributed by atoms with Crippen molar-refractivity contribution in [2.24, 2.45) is 0 Å². The fourth-order valence-electron chi connectivity index (χ4n) is 1.11. The molecule has 0 heterocycles. The van der Waals surface area contributed by atoms with Gasteiger partial charge in [-0.05, 0) is 17.7 Å². The molecule has 0 aromatic heterocycles. The van der Waals surface area contributed by atoms with E-state index in [-0.39, 0.29) is 5.56 Å². The van der Waals surface area contributed by atoms with Gasteiger partial charge in [0.15, 0.2) is 0 Å². The molecule has 0 aliphatic heterocycles. The molecule has 0 aliphatic rings. The third-order valence-corrected chi connectivity index (χ3v) is 3.18. The number of ether oxygens (including phenoxy) is 1. The Morgan fingerprint density at radius 2 is 1.69 bits per heavy atom. The maximum absolute atomic E-state index is 13.0. The molecule has 0 fully saturated rings. The van der Waals surface area contributed by atoms with Gasteiger partial charge in [-0.3, -0.25) is 0 Å². The lowest BCUT2D eigenvalue weighted by Crippen LogP contribution is -2.31. The van der Waals surface area contributed by atoms with Crippen molar-refractivity contribution in [1.82, 2.24) is 0 Å². The van der Waals surface area contributed by atoms with Crippen molar-refractivity contribution in [2.45, 2.75) is 17.2 Å². The first kappa shape index (κ1) is 13.3. The first-order valence-electron chi connectivity index (χ1n) is 4.33. The van der Waals surface area contributed by atoms with Crippen LogP contribution >= 0.6 is 15.9 Å². The second-order valence-electron chi connectivity index (χ2n) is 3.11. The van der Waals surface area contributed by atoms with Crippen molar-refractivity contribution < 1.29 is 22.3 Å². The Labute approximate surface area is 98.5 Å². The first-order chi connectivity index (χ1) is 7.39. The van der Waals surface area contributed by atoms with E-state index in [1.165, 1.54) is 31.4 Å². The summed E-state index contributed by atoms with van der Waals surface area (Å²) in [5, 5.41) is 0. The van der Waals surface area contributed by atoms with E-state index >= 15 is 0 Å². The molecule has 0 spiro atoms. The van der Waals surface area contributed by atoms with E-state index in [4.69, 9.17) is 4.74 Å². The molecule has 1 nitrogen and oxygen atoms in total. The van der Waals surface area contributed by atoms with Crippen molar-refractivity contribution in [3.63, 3.8) is 0 Å². The Balaban J connectivity index is 2.91. The molecule has 6 heteroatoms. The van der Waals surface area contributed by atoms with Gasteiger partial charge in [0.2, 0.25) is 0 Å². The van der Waals surface area contributed by atoms with Gasteiger partial charge in [-0.2, -0.15) is 8.78 Å². The molecule has 0 radical (unpaired) electrons. The van der Waals surface area contributed by atoms with Crippen LogP contribution in [0.2, 0.25) is 0 Å². The molecule has 1 aromatic carbocycles. The maximum atomic E-state index is 13.0. The van der Waals surface area contributed by atoms with Gasteiger partial charge in [-0.1, -0.05) is 28.1 Å². The Kier molecular flexibility index (Phi) is 4.18. The minimum Gasteiger partial charge on any atom is -0.497 e. The van der Waals surface area contributed by atoms with E-state index in [9.17, 15) is 17.6 Å². The number of alkyl halides is 5. The predicted molar refractivity (Wildman–Crippen MR) is 55.6 cm³/mol. The molecular weight excluding hydrogens is 292 g/mol. The SMILES string of the molecule is COc1ccc(C(Br)C(F)(F)C(F)F)cc1. The highest BCUT2D eigenvalue weighted by atomic mass is 79.9. The van der Waals surface area contributed by atoms with Gasteiger partial charge in [0.1, 0.15) is 10.6 Å². The molecule has 0 saturated heterocycles. The maximum Gasteiger partial charge on any atom is 0.323 e. The quantitative estimate of drug-likeness (QED) is 0.602. The summed E-state index contributed by atoms with van der Waals surface area (Å²) in [7, 11) is 1.42. The van der Waals surface area contributed by atoms with Crippen LogP contribution in [0, 0.1) is 0 Å². The van der Waals surface area contributed by atoms with Crippen LogP contribution in [-0.4, -0.2) is 19.5 Å². The van der Waals surface area contributed by atoms with Crippen molar-refractivity contribution in [2.75, 3.05) is 7.11 Å². The second-order valence-corrected chi connectivity index (χ2v) is 4.03. The van der Waals surface area contributed by atoms with Crippen LogP contribution in [-0.2, 0) is 0 Å². The number of halogens is 5. The van der Waals surface area contributed by atoms with Crippen LogP contribution in [0.4, 0.5) is 17.6 Å². The van der Waals surface area contributed by atoms with E-state index in [0.29, 0.717) is 5.75 Å². The predicted octanol–water partition coefficient (Wildman–Crippen LogP) is 4.03. The van der Waals surface area contributed by atoms with E-state index in [1.807, 2.05) is 0 Å². The summed E-state index contributed by atoms with van der Waals surface area (Å²) in [6.45, 7) is 0. The third kappa shape index (κ3) is 2.66. The lowest BCUT2D eigenvalue weighted by molar-refractivity contribution is -0.127. The highest BCUT2D eigenvalue weighted by Crippen LogP contribution is 2.42. The van der Waals surface area contributed by atoms with Crippen molar-refractivity contribution >= 4 is 15.9 Å². The Morgan fingerprint density at radius 1 is 1.19 bits per heavy atom. The van der Waals surface area contributed by atoms with Crippen LogP contribution in [0.15, 0.2) is 24.3 Å². The van der Waals surface area contributed by atoms with Crippen LogP contribution < -0.4 is 4.74 Å². The van der Waals surface area contributed by atoms with Crippen LogP contribution in [0.1, 0.15) is 10.4 Å². The molecule has 0 saturated carbocycles. The zero-order chi connectivity index (χ0) is 12.3. The van der Waals surface area contributed by atoms with E-state index in [1.54, 1.807) is 0 Å². The van der Waals surface area contributed by atoms with Crippen LogP contribution in [0.5, 0.6) is 5.75 Å². The lowest BCUT2D eigenvalue weighted by atomic mass is 10.1. The second kappa shape index (κ2) is 5.03. The van der Waals surface area contributed by atoms with E-state index in [2.05, 4.69) is 15.9 Å². The largest absolute Gasteiger partial charge is 0.497 e. The van der Waals surface area contributed by atoms with Gasteiger partial charge in [0, 0.05) is 0 Å². The van der Waals surface area contributed by atoms with E-state index in [0.717, 1.165) is 0 Å². The smallest absolute Gasteiger partial charge is 0.323 e. The van der Waals surface area contributed by atoms with Crippen LogP contribution in [0.3, 0.4) is 0 Å². The molecule has 0 aliphatic carbocycles. The number of rotatable bonds is 4.